The Morgan fingerprint density at radius 3 is 2.77 bits per heavy atom. The zero-order valence-corrected chi connectivity index (χ0v) is 7.58. The smallest absolute Gasteiger partial charge is 0.313 e. The van der Waals surface area contributed by atoms with E-state index in [2.05, 4.69) is 0 Å². The first-order chi connectivity index (χ1) is 6.24. The quantitative estimate of drug-likeness (QED) is 0.588. The number of carbonyl (C=O) groups excluding carboxylic acids is 1. The molecule has 4 heteroatoms. The van der Waals surface area contributed by atoms with Crippen molar-refractivity contribution < 1.29 is 14.7 Å². The summed E-state index contributed by atoms with van der Waals surface area (Å²) in [6, 6.07) is 6.92. The minimum Gasteiger partial charge on any atom is -0.481 e. The van der Waals surface area contributed by atoms with Crippen LogP contribution in [-0.2, 0) is 4.79 Å². The van der Waals surface area contributed by atoms with Crippen molar-refractivity contribution in [2.75, 3.05) is 5.75 Å². The van der Waals surface area contributed by atoms with Gasteiger partial charge in [0.15, 0.2) is 6.29 Å². The molecule has 1 N–H and O–H groups in total. The van der Waals surface area contributed by atoms with Crippen LogP contribution in [0.15, 0.2) is 29.2 Å². The van der Waals surface area contributed by atoms with Crippen LogP contribution in [0.2, 0.25) is 0 Å². The van der Waals surface area contributed by atoms with E-state index in [1.807, 2.05) is 0 Å². The molecule has 0 aliphatic carbocycles. The number of aliphatic carboxylic acids is 1. The summed E-state index contributed by atoms with van der Waals surface area (Å²) in [6.45, 7) is 0. The average molecular weight is 196 g/mol. The number of hydrogen-bond donors (Lipinski definition) is 1. The normalized spacial score (nSPS) is 9.54. The highest BCUT2D eigenvalue weighted by atomic mass is 32.2. The molecule has 0 heterocycles. The zero-order chi connectivity index (χ0) is 9.68. The Morgan fingerprint density at radius 2 is 2.15 bits per heavy atom. The molecule has 0 radical (unpaired) electrons. The van der Waals surface area contributed by atoms with Crippen LogP contribution in [0.4, 0.5) is 0 Å². The Bertz CT molecular complexity index is 322. The average Bonchev–Trinajstić information content (AvgIpc) is 2.15. The highest BCUT2D eigenvalue weighted by Gasteiger charge is 2.03. The number of thioether (sulfide) groups is 1. The molecule has 0 aromatic heterocycles. The van der Waals surface area contributed by atoms with Crippen LogP contribution in [0.25, 0.3) is 0 Å². The zero-order valence-electron chi connectivity index (χ0n) is 6.77. The van der Waals surface area contributed by atoms with E-state index >= 15 is 0 Å². The molecule has 0 atom stereocenters. The summed E-state index contributed by atoms with van der Waals surface area (Å²) < 4.78 is 0. The molecule has 68 valence electrons. The first-order valence-corrected chi connectivity index (χ1v) is 4.61. The van der Waals surface area contributed by atoms with E-state index in [0.29, 0.717) is 10.5 Å². The predicted molar refractivity (Wildman–Crippen MR) is 50.2 cm³/mol. The molecule has 0 aliphatic heterocycles. The van der Waals surface area contributed by atoms with Gasteiger partial charge in [-0.05, 0) is 6.07 Å². The molecule has 0 spiro atoms. The molecule has 0 saturated heterocycles. The van der Waals surface area contributed by atoms with Crippen molar-refractivity contribution in [2.45, 2.75) is 4.90 Å². The maximum atomic E-state index is 10.5. The highest BCUT2D eigenvalue weighted by Crippen LogP contribution is 2.20. The van der Waals surface area contributed by atoms with Gasteiger partial charge in [0.25, 0.3) is 0 Å². The third-order valence-electron chi connectivity index (χ3n) is 1.40. The van der Waals surface area contributed by atoms with Crippen LogP contribution in [0.3, 0.4) is 0 Å². The molecular formula is C9H8O3S. The van der Waals surface area contributed by atoms with Crippen molar-refractivity contribution in [3.8, 4) is 0 Å². The summed E-state index contributed by atoms with van der Waals surface area (Å²) in [4.78, 5) is 21.5. The van der Waals surface area contributed by atoms with Crippen molar-refractivity contribution in [3.05, 3.63) is 29.8 Å². The number of hydrogen-bond acceptors (Lipinski definition) is 3. The minimum atomic E-state index is -0.884. The molecule has 0 aliphatic rings. The van der Waals surface area contributed by atoms with Crippen molar-refractivity contribution in [1.29, 1.82) is 0 Å². The Kier molecular flexibility index (Phi) is 3.52. The van der Waals surface area contributed by atoms with Crippen LogP contribution in [0, 0.1) is 0 Å². The van der Waals surface area contributed by atoms with E-state index in [9.17, 15) is 9.59 Å². The Labute approximate surface area is 79.8 Å². The molecule has 13 heavy (non-hydrogen) atoms. The molecule has 0 amide bonds. The second-order valence-corrected chi connectivity index (χ2v) is 3.36. The van der Waals surface area contributed by atoms with Crippen LogP contribution < -0.4 is 0 Å². The first kappa shape index (κ1) is 9.80. The van der Waals surface area contributed by atoms with Gasteiger partial charge in [0, 0.05) is 10.5 Å². The highest BCUT2D eigenvalue weighted by molar-refractivity contribution is 8.00. The van der Waals surface area contributed by atoms with E-state index in [-0.39, 0.29) is 5.75 Å². The van der Waals surface area contributed by atoms with Gasteiger partial charge < -0.3 is 5.11 Å². The Morgan fingerprint density at radius 1 is 1.46 bits per heavy atom. The fourth-order valence-corrected chi connectivity index (χ4v) is 1.59. The van der Waals surface area contributed by atoms with Gasteiger partial charge in [-0.1, -0.05) is 18.2 Å². The minimum absolute atomic E-state index is 0.0230. The van der Waals surface area contributed by atoms with Crippen LogP contribution in [0.1, 0.15) is 10.4 Å². The third-order valence-corrected chi connectivity index (χ3v) is 2.47. The molecule has 0 bridgehead atoms. The Hall–Kier alpha value is -1.29. The van der Waals surface area contributed by atoms with Gasteiger partial charge in [0.2, 0.25) is 0 Å². The monoisotopic (exact) mass is 196 g/mol. The lowest BCUT2D eigenvalue weighted by Gasteiger charge is -2.00. The van der Waals surface area contributed by atoms with Gasteiger partial charge in [-0.15, -0.1) is 11.8 Å². The SMILES string of the molecule is O=Cc1ccccc1SCC(=O)O. The number of benzene rings is 1. The van der Waals surface area contributed by atoms with Crippen LogP contribution in [0.5, 0.6) is 0 Å². The summed E-state index contributed by atoms with van der Waals surface area (Å²) in [6.07, 6.45) is 0.726. The Balaban J connectivity index is 2.75. The molecule has 1 aromatic rings. The summed E-state index contributed by atoms with van der Waals surface area (Å²) in [5.74, 6) is -0.907. The number of carboxylic acid groups (broad SMARTS) is 1. The van der Waals surface area contributed by atoms with Crippen LogP contribution >= 0.6 is 11.8 Å². The molecule has 1 rings (SSSR count). The van der Waals surface area contributed by atoms with Crippen molar-refractivity contribution in [2.24, 2.45) is 0 Å². The van der Waals surface area contributed by atoms with E-state index in [1.165, 1.54) is 0 Å². The predicted octanol–water partition coefficient (Wildman–Crippen LogP) is 1.68. The van der Waals surface area contributed by atoms with E-state index < -0.39 is 5.97 Å². The first-order valence-electron chi connectivity index (χ1n) is 3.63. The van der Waals surface area contributed by atoms with Gasteiger partial charge in [-0.25, -0.2) is 0 Å². The number of carbonyl (C=O) groups is 2. The van der Waals surface area contributed by atoms with Gasteiger partial charge >= 0.3 is 5.97 Å². The molecule has 0 unspecified atom stereocenters. The standard InChI is InChI=1S/C9H8O3S/c10-5-7-3-1-2-4-8(7)13-6-9(11)12/h1-5H,6H2,(H,11,12). The third kappa shape index (κ3) is 2.91. The van der Waals surface area contributed by atoms with Gasteiger partial charge in [-0.2, -0.15) is 0 Å². The topological polar surface area (TPSA) is 54.4 Å². The largest absolute Gasteiger partial charge is 0.481 e. The van der Waals surface area contributed by atoms with E-state index in [1.54, 1.807) is 24.3 Å². The molecule has 3 nitrogen and oxygen atoms in total. The van der Waals surface area contributed by atoms with Crippen molar-refractivity contribution in [1.82, 2.24) is 0 Å². The number of rotatable bonds is 4. The second-order valence-electron chi connectivity index (χ2n) is 2.34. The van der Waals surface area contributed by atoms with Gasteiger partial charge in [-0.3, -0.25) is 9.59 Å². The lowest BCUT2D eigenvalue weighted by molar-refractivity contribution is -0.133. The molecule has 1 aromatic carbocycles. The maximum Gasteiger partial charge on any atom is 0.313 e. The summed E-state index contributed by atoms with van der Waals surface area (Å²) in [5.41, 5.74) is 0.536. The van der Waals surface area contributed by atoms with Crippen molar-refractivity contribution >= 4 is 24.0 Å². The fraction of sp³-hybridized carbons (Fsp3) is 0.111. The van der Waals surface area contributed by atoms with E-state index in [0.717, 1.165) is 18.0 Å². The summed E-state index contributed by atoms with van der Waals surface area (Å²) in [5, 5.41) is 8.43. The summed E-state index contributed by atoms with van der Waals surface area (Å²) in [7, 11) is 0. The summed E-state index contributed by atoms with van der Waals surface area (Å²) >= 11 is 1.15. The molecular weight excluding hydrogens is 188 g/mol. The lowest BCUT2D eigenvalue weighted by Crippen LogP contribution is -1.98. The van der Waals surface area contributed by atoms with Crippen LogP contribution in [-0.4, -0.2) is 23.1 Å². The lowest BCUT2D eigenvalue weighted by atomic mass is 10.2. The maximum absolute atomic E-state index is 10.5. The number of carboxylic acids is 1. The van der Waals surface area contributed by atoms with E-state index in [4.69, 9.17) is 5.11 Å². The fourth-order valence-electron chi connectivity index (χ4n) is 0.849. The van der Waals surface area contributed by atoms with Gasteiger partial charge in [0.1, 0.15) is 0 Å². The second kappa shape index (κ2) is 4.67. The molecule has 0 fully saturated rings. The van der Waals surface area contributed by atoms with Crippen molar-refractivity contribution in [3.63, 3.8) is 0 Å². The number of aldehydes is 1. The molecule has 0 saturated carbocycles. The van der Waals surface area contributed by atoms with Gasteiger partial charge in [0.05, 0.1) is 5.75 Å².